The molecule has 8 aromatic rings. The zero-order valence-corrected chi connectivity index (χ0v) is 31.4. The number of benzene rings is 6. The standard InChI is InChI=1S/C53H41N3/c1-3-43-35(2)54(49-21-10-7-18-44(43)49)41-29-31-52-48(33-41)46-20-9-12-23-51(46)55(52)42-28-30-47-45-19-8-11-22-50(45)56(53(47)34-42)40-17-13-16-39(32-40)38-26-24-37(25-27-38)36-14-5-4-6-15-36/h3-31,33-34,39,48,52H,1,32H2,2H3. The van der Waals surface area contributed by atoms with Crippen molar-refractivity contribution in [2.24, 2.45) is 0 Å². The Kier molecular flexibility index (Phi) is 7.50. The van der Waals surface area contributed by atoms with E-state index in [1.807, 2.05) is 6.08 Å². The van der Waals surface area contributed by atoms with Crippen LogP contribution in [0.25, 0.3) is 61.3 Å². The van der Waals surface area contributed by atoms with Crippen LogP contribution in [0.1, 0.15) is 40.6 Å². The van der Waals surface area contributed by atoms with Crippen LogP contribution in [0, 0.1) is 6.92 Å². The summed E-state index contributed by atoms with van der Waals surface area (Å²) in [5.74, 6) is 0.503. The van der Waals surface area contributed by atoms with E-state index in [1.54, 1.807) is 0 Å². The summed E-state index contributed by atoms with van der Waals surface area (Å²) < 4.78 is 4.93. The Morgan fingerprint density at radius 3 is 2.16 bits per heavy atom. The van der Waals surface area contributed by atoms with Gasteiger partial charge in [0.1, 0.15) is 0 Å². The molecule has 3 nitrogen and oxygen atoms in total. The maximum absolute atomic E-state index is 4.16. The van der Waals surface area contributed by atoms with Crippen LogP contribution in [0.2, 0.25) is 0 Å². The largest absolute Gasteiger partial charge is 0.333 e. The predicted molar refractivity (Wildman–Crippen MR) is 237 cm³/mol. The van der Waals surface area contributed by atoms with Crippen molar-refractivity contribution in [1.29, 1.82) is 0 Å². The number of rotatable bonds is 6. The first-order valence-corrected chi connectivity index (χ1v) is 19.7. The molecule has 3 atom stereocenters. The van der Waals surface area contributed by atoms with Gasteiger partial charge in [0, 0.05) is 62.0 Å². The number of para-hydroxylation sites is 3. The van der Waals surface area contributed by atoms with Gasteiger partial charge in [-0.1, -0.05) is 152 Å². The molecule has 11 rings (SSSR count). The topological polar surface area (TPSA) is 13.1 Å². The van der Waals surface area contributed by atoms with Crippen LogP contribution >= 0.6 is 0 Å². The van der Waals surface area contributed by atoms with Crippen molar-refractivity contribution in [3.63, 3.8) is 0 Å². The molecule has 2 aromatic heterocycles. The summed E-state index contributed by atoms with van der Waals surface area (Å²) in [5.41, 5.74) is 16.3. The quantitative estimate of drug-likeness (QED) is 0.167. The van der Waals surface area contributed by atoms with E-state index in [0.717, 1.165) is 6.42 Å². The molecule has 56 heavy (non-hydrogen) atoms. The van der Waals surface area contributed by atoms with Gasteiger partial charge in [0.25, 0.3) is 0 Å². The average Bonchev–Trinajstić information content (AvgIpc) is 3.88. The summed E-state index contributed by atoms with van der Waals surface area (Å²) in [5, 5.41) is 3.80. The lowest BCUT2D eigenvalue weighted by Gasteiger charge is -2.30. The second kappa shape index (κ2) is 12.9. The summed E-state index contributed by atoms with van der Waals surface area (Å²) in [4.78, 5) is 2.56. The number of hydrogen-bond donors (Lipinski definition) is 0. The van der Waals surface area contributed by atoms with Crippen molar-refractivity contribution in [3.05, 3.63) is 211 Å². The zero-order valence-electron chi connectivity index (χ0n) is 31.4. The molecule has 0 radical (unpaired) electrons. The van der Waals surface area contributed by atoms with E-state index in [9.17, 15) is 0 Å². The smallest absolute Gasteiger partial charge is 0.0631 e. The SMILES string of the molecule is C=Cc1c(C)n(C2=CC3c4ccccc4N(c4ccc5c6ccccc6n(C6=CC=CC(c7ccc(-c8ccccc8)cc7)C6)c5c4)C3C=C2)c2ccccc12. The van der Waals surface area contributed by atoms with Gasteiger partial charge in [-0.05, 0) is 78.1 Å². The minimum absolute atomic E-state index is 0.160. The van der Waals surface area contributed by atoms with Gasteiger partial charge in [-0.25, -0.2) is 0 Å². The fraction of sp³-hybridized carbons (Fsp3) is 0.0943. The molecular weight excluding hydrogens is 679 g/mol. The van der Waals surface area contributed by atoms with Gasteiger partial charge in [0.2, 0.25) is 0 Å². The Balaban J connectivity index is 0.984. The van der Waals surface area contributed by atoms with Crippen molar-refractivity contribution < 1.29 is 0 Å². The lowest BCUT2D eigenvalue weighted by molar-refractivity contribution is 0.742. The van der Waals surface area contributed by atoms with Crippen molar-refractivity contribution in [2.45, 2.75) is 31.2 Å². The van der Waals surface area contributed by atoms with Crippen LogP contribution in [0.5, 0.6) is 0 Å². The number of anilines is 2. The molecule has 2 aliphatic carbocycles. The lowest BCUT2D eigenvalue weighted by atomic mass is 9.89. The van der Waals surface area contributed by atoms with Crippen LogP contribution in [0.3, 0.4) is 0 Å². The van der Waals surface area contributed by atoms with Gasteiger partial charge in [-0.3, -0.25) is 0 Å². The van der Waals surface area contributed by atoms with E-state index in [-0.39, 0.29) is 12.0 Å². The molecule has 6 aromatic carbocycles. The molecular formula is C53H41N3. The Morgan fingerprint density at radius 1 is 0.643 bits per heavy atom. The van der Waals surface area contributed by atoms with Gasteiger partial charge in [0.05, 0.1) is 22.6 Å². The summed E-state index contributed by atoms with van der Waals surface area (Å²) in [6.45, 7) is 6.37. The lowest BCUT2D eigenvalue weighted by Crippen LogP contribution is -2.29. The highest BCUT2D eigenvalue weighted by Crippen LogP contribution is 2.50. The van der Waals surface area contributed by atoms with E-state index >= 15 is 0 Å². The molecule has 0 saturated heterocycles. The van der Waals surface area contributed by atoms with Crippen LogP contribution in [0.15, 0.2) is 189 Å². The third-order valence-electron chi connectivity index (χ3n) is 12.4. The van der Waals surface area contributed by atoms with E-state index in [1.165, 1.54) is 89.0 Å². The van der Waals surface area contributed by atoms with Crippen molar-refractivity contribution in [1.82, 2.24) is 9.13 Å². The normalized spacial score (nSPS) is 18.7. The fourth-order valence-corrected chi connectivity index (χ4v) is 9.80. The number of nitrogens with zero attached hydrogens (tertiary/aromatic N) is 3. The first-order valence-electron chi connectivity index (χ1n) is 19.7. The average molecular weight is 720 g/mol. The minimum Gasteiger partial charge on any atom is -0.333 e. The molecule has 3 heterocycles. The molecule has 0 bridgehead atoms. The second-order valence-corrected chi connectivity index (χ2v) is 15.3. The third-order valence-corrected chi connectivity index (χ3v) is 12.4. The van der Waals surface area contributed by atoms with Crippen molar-refractivity contribution in [2.75, 3.05) is 4.90 Å². The van der Waals surface area contributed by atoms with E-state index < -0.39 is 0 Å². The zero-order chi connectivity index (χ0) is 37.3. The van der Waals surface area contributed by atoms with Gasteiger partial charge >= 0.3 is 0 Å². The number of fused-ring (bicyclic) bond motifs is 7. The highest BCUT2D eigenvalue weighted by atomic mass is 15.2. The Bertz CT molecular complexity index is 2980. The molecule has 3 aliphatic rings. The monoisotopic (exact) mass is 719 g/mol. The Morgan fingerprint density at radius 2 is 1.34 bits per heavy atom. The van der Waals surface area contributed by atoms with Crippen molar-refractivity contribution >= 4 is 61.6 Å². The number of allylic oxidation sites excluding steroid dienone is 6. The highest BCUT2D eigenvalue weighted by Gasteiger charge is 2.39. The highest BCUT2D eigenvalue weighted by molar-refractivity contribution is 6.11. The second-order valence-electron chi connectivity index (χ2n) is 15.3. The summed E-state index contributed by atoms with van der Waals surface area (Å²) >= 11 is 0. The molecule has 0 spiro atoms. The maximum atomic E-state index is 4.16. The molecule has 3 heteroatoms. The van der Waals surface area contributed by atoms with E-state index in [0.29, 0.717) is 5.92 Å². The van der Waals surface area contributed by atoms with Crippen molar-refractivity contribution in [3.8, 4) is 11.1 Å². The van der Waals surface area contributed by atoms with Crippen LogP contribution in [-0.4, -0.2) is 15.2 Å². The van der Waals surface area contributed by atoms with Gasteiger partial charge in [0.15, 0.2) is 0 Å². The first-order chi connectivity index (χ1) is 27.7. The molecule has 1 aliphatic heterocycles. The van der Waals surface area contributed by atoms with E-state index in [4.69, 9.17) is 0 Å². The molecule has 0 fully saturated rings. The summed E-state index contributed by atoms with van der Waals surface area (Å²) in [7, 11) is 0. The van der Waals surface area contributed by atoms with Crippen LogP contribution < -0.4 is 4.90 Å². The maximum Gasteiger partial charge on any atom is 0.0631 e. The van der Waals surface area contributed by atoms with Crippen LogP contribution in [-0.2, 0) is 0 Å². The summed E-state index contributed by atoms with van der Waals surface area (Å²) in [6, 6.07) is 53.6. The molecule has 0 amide bonds. The van der Waals surface area contributed by atoms with Crippen LogP contribution in [0.4, 0.5) is 11.4 Å². The van der Waals surface area contributed by atoms with Gasteiger partial charge in [-0.15, -0.1) is 0 Å². The fourth-order valence-electron chi connectivity index (χ4n) is 9.80. The first kappa shape index (κ1) is 32.6. The molecule has 0 saturated carbocycles. The number of hydrogen-bond acceptors (Lipinski definition) is 1. The minimum atomic E-state index is 0.160. The third kappa shape index (κ3) is 4.97. The Hall–Kier alpha value is -6.84. The predicted octanol–water partition coefficient (Wildman–Crippen LogP) is 13.7. The molecule has 3 unspecified atom stereocenters. The van der Waals surface area contributed by atoms with E-state index in [2.05, 4.69) is 210 Å². The summed E-state index contributed by atoms with van der Waals surface area (Å²) in [6.07, 6.45) is 17.1. The van der Waals surface area contributed by atoms with Gasteiger partial charge in [-0.2, -0.15) is 0 Å². The molecule has 268 valence electrons. The number of aromatic nitrogens is 2. The Labute approximate surface area is 327 Å². The van der Waals surface area contributed by atoms with Gasteiger partial charge < -0.3 is 14.0 Å². The molecule has 0 N–H and O–H groups in total.